The maximum atomic E-state index is 11.2. The highest BCUT2D eigenvalue weighted by Gasteiger charge is 2.19. The first kappa shape index (κ1) is 10.9. The Bertz CT molecular complexity index is 228. The first-order chi connectivity index (χ1) is 6.74. The van der Waals surface area contributed by atoms with Crippen molar-refractivity contribution in [3.8, 4) is 0 Å². The van der Waals surface area contributed by atoms with Crippen LogP contribution < -0.4 is 0 Å². The summed E-state index contributed by atoms with van der Waals surface area (Å²) in [5, 5.41) is 0. The molecule has 0 aliphatic carbocycles. The van der Waals surface area contributed by atoms with Crippen molar-refractivity contribution in [1.29, 1.82) is 0 Å². The molecule has 0 saturated carbocycles. The smallest absolute Gasteiger partial charge is 0.333 e. The fourth-order valence-electron chi connectivity index (χ4n) is 1.38. The number of hydrogen-bond acceptors (Lipinski definition) is 4. The Labute approximate surface area is 82.9 Å². The van der Waals surface area contributed by atoms with E-state index >= 15 is 0 Å². The summed E-state index contributed by atoms with van der Waals surface area (Å²) in [6, 6.07) is 0. The van der Waals surface area contributed by atoms with E-state index in [0.29, 0.717) is 18.3 Å². The molecule has 1 saturated heterocycles. The first-order valence-corrected chi connectivity index (χ1v) is 4.64. The second-order valence-electron chi connectivity index (χ2n) is 3.21. The van der Waals surface area contributed by atoms with Crippen LogP contribution in [0.25, 0.3) is 0 Å². The van der Waals surface area contributed by atoms with Crippen LogP contribution in [-0.4, -0.2) is 31.6 Å². The minimum atomic E-state index is -0.507. The van der Waals surface area contributed by atoms with Gasteiger partial charge in [0.2, 0.25) is 0 Å². The minimum absolute atomic E-state index is 0.0891. The Morgan fingerprint density at radius 1 is 1.64 bits per heavy atom. The number of carbonyl (C=O) groups is 2. The second kappa shape index (κ2) is 5.54. The van der Waals surface area contributed by atoms with Gasteiger partial charge in [-0.1, -0.05) is 6.58 Å². The van der Waals surface area contributed by atoms with Gasteiger partial charge in [0.05, 0.1) is 6.10 Å². The lowest BCUT2D eigenvalue weighted by Crippen LogP contribution is -2.14. The zero-order valence-corrected chi connectivity index (χ0v) is 8.03. The molecule has 0 spiro atoms. The third-order valence-corrected chi connectivity index (χ3v) is 2.07. The van der Waals surface area contributed by atoms with Gasteiger partial charge >= 0.3 is 5.97 Å². The number of esters is 1. The Morgan fingerprint density at radius 2 is 2.43 bits per heavy atom. The molecule has 0 radical (unpaired) electrons. The van der Waals surface area contributed by atoms with Crippen LogP contribution in [0.15, 0.2) is 12.2 Å². The highest BCUT2D eigenvalue weighted by Crippen LogP contribution is 2.19. The highest BCUT2D eigenvalue weighted by molar-refractivity contribution is 5.88. The van der Waals surface area contributed by atoms with E-state index in [-0.39, 0.29) is 12.7 Å². The third-order valence-electron chi connectivity index (χ3n) is 2.07. The third kappa shape index (κ3) is 3.30. The molecule has 78 valence electrons. The Kier molecular flexibility index (Phi) is 4.32. The number of aldehydes is 1. The largest absolute Gasteiger partial charge is 0.455 e. The summed E-state index contributed by atoms with van der Waals surface area (Å²) < 4.78 is 9.94. The van der Waals surface area contributed by atoms with Crippen LogP contribution in [0.2, 0.25) is 0 Å². The van der Waals surface area contributed by atoms with Gasteiger partial charge in [-0.25, -0.2) is 4.79 Å². The number of rotatable bonds is 5. The molecule has 1 atom stereocenters. The van der Waals surface area contributed by atoms with Crippen LogP contribution in [-0.2, 0) is 19.1 Å². The summed E-state index contributed by atoms with van der Waals surface area (Å²) in [6.07, 6.45) is 3.11. The standard InChI is InChI=1S/C10H14O4/c1-8(10(12)14-6-4-11)7-9-3-2-5-13-9/h4,9H,1-3,5-7H2. The van der Waals surface area contributed by atoms with Gasteiger partial charge in [-0.2, -0.15) is 0 Å². The average molecular weight is 198 g/mol. The lowest BCUT2D eigenvalue weighted by molar-refractivity contribution is -0.141. The summed E-state index contributed by atoms with van der Waals surface area (Å²) in [6.45, 7) is 4.15. The lowest BCUT2D eigenvalue weighted by Gasteiger charge is -2.09. The first-order valence-electron chi connectivity index (χ1n) is 4.64. The van der Waals surface area contributed by atoms with Crippen molar-refractivity contribution < 1.29 is 19.1 Å². The zero-order valence-electron chi connectivity index (χ0n) is 8.03. The summed E-state index contributed by atoms with van der Waals surface area (Å²) in [4.78, 5) is 21.1. The fraction of sp³-hybridized carbons (Fsp3) is 0.600. The van der Waals surface area contributed by atoms with E-state index in [4.69, 9.17) is 4.74 Å². The van der Waals surface area contributed by atoms with E-state index < -0.39 is 5.97 Å². The van der Waals surface area contributed by atoms with Gasteiger partial charge in [-0.05, 0) is 12.8 Å². The molecular formula is C10H14O4. The molecule has 0 aromatic heterocycles. The molecule has 1 aliphatic heterocycles. The monoisotopic (exact) mass is 198 g/mol. The molecule has 1 unspecified atom stereocenters. The van der Waals surface area contributed by atoms with Crippen molar-refractivity contribution >= 4 is 12.3 Å². The topological polar surface area (TPSA) is 52.6 Å². The Morgan fingerprint density at radius 3 is 3.00 bits per heavy atom. The lowest BCUT2D eigenvalue weighted by atomic mass is 10.1. The van der Waals surface area contributed by atoms with Crippen molar-refractivity contribution in [2.45, 2.75) is 25.4 Å². The van der Waals surface area contributed by atoms with Crippen molar-refractivity contribution in [3.63, 3.8) is 0 Å². The number of carbonyl (C=O) groups excluding carboxylic acids is 2. The average Bonchev–Trinajstić information content (AvgIpc) is 2.66. The van der Waals surface area contributed by atoms with Gasteiger partial charge in [-0.3, -0.25) is 4.79 Å². The van der Waals surface area contributed by atoms with Crippen LogP contribution in [0.1, 0.15) is 19.3 Å². The van der Waals surface area contributed by atoms with Crippen LogP contribution in [0.4, 0.5) is 0 Å². The maximum Gasteiger partial charge on any atom is 0.333 e. The molecule has 1 aliphatic rings. The van der Waals surface area contributed by atoms with Gasteiger partial charge in [0, 0.05) is 18.6 Å². The van der Waals surface area contributed by atoms with Gasteiger partial charge in [0.15, 0.2) is 6.29 Å². The summed E-state index contributed by atoms with van der Waals surface area (Å²) in [5.74, 6) is -0.507. The van der Waals surface area contributed by atoms with E-state index in [0.717, 1.165) is 19.4 Å². The van der Waals surface area contributed by atoms with E-state index in [2.05, 4.69) is 11.3 Å². The molecule has 1 fully saturated rings. The van der Waals surface area contributed by atoms with Crippen molar-refractivity contribution in [2.75, 3.05) is 13.2 Å². The van der Waals surface area contributed by atoms with Crippen LogP contribution in [0.5, 0.6) is 0 Å². The predicted molar refractivity (Wildman–Crippen MR) is 49.8 cm³/mol. The summed E-state index contributed by atoms with van der Waals surface area (Å²) in [5.41, 5.74) is 0.374. The molecule has 4 nitrogen and oxygen atoms in total. The normalized spacial score (nSPS) is 20.4. The van der Waals surface area contributed by atoms with Crippen molar-refractivity contribution in [3.05, 3.63) is 12.2 Å². The quantitative estimate of drug-likeness (QED) is 0.373. The molecule has 1 rings (SSSR count). The second-order valence-corrected chi connectivity index (χ2v) is 3.21. The summed E-state index contributed by atoms with van der Waals surface area (Å²) in [7, 11) is 0. The molecule has 0 aromatic rings. The molecule has 0 N–H and O–H groups in total. The SMILES string of the molecule is C=C(CC1CCCO1)C(=O)OCC=O. The maximum absolute atomic E-state index is 11.2. The van der Waals surface area contributed by atoms with E-state index in [1.807, 2.05) is 0 Å². The van der Waals surface area contributed by atoms with Gasteiger partial charge < -0.3 is 9.47 Å². The minimum Gasteiger partial charge on any atom is -0.455 e. The molecular weight excluding hydrogens is 184 g/mol. The predicted octanol–water partition coefficient (Wildman–Crippen LogP) is 0.854. The molecule has 0 bridgehead atoms. The van der Waals surface area contributed by atoms with Gasteiger partial charge in [0.25, 0.3) is 0 Å². The van der Waals surface area contributed by atoms with Crippen molar-refractivity contribution in [2.24, 2.45) is 0 Å². The molecule has 1 heterocycles. The van der Waals surface area contributed by atoms with E-state index in [1.54, 1.807) is 0 Å². The van der Waals surface area contributed by atoms with Gasteiger partial charge in [0.1, 0.15) is 6.61 Å². The number of hydrogen-bond donors (Lipinski definition) is 0. The van der Waals surface area contributed by atoms with Crippen LogP contribution in [0.3, 0.4) is 0 Å². The van der Waals surface area contributed by atoms with E-state index in [9.17, 15) is 9.59 Å². The molecule has 14 heavy (non-hydrogen) atoms. The molecule has 4 heteroatoms. The Hall–Kier alpha value is -1.16. The zero-order chi connectivity index (χ0) is 10.4. The molecule has 0 aromatic carbocycles. The highest BCUT2D eigenvalue weighted by atomic mass is 16.5. The summed E-state index contributed by atoms with van der Waals surface area (Å²) >= 11 is 0. The van der Waals surface area contributed by atoms with Crippen molar-refractivity contribution in [1.82, 2.24) is 0 Å². The van der Waals surface area contributed by atoms with Crippen LogP contribution >= 0.6 is 0 Å². The number of ether oxygens (including phenoxy) is 2. The van der Waals surface area contributed by atoms with Crippen LogP contribution in [0, 0.1) is 0 Å². The Balaban J connectivity index is 2.25. The molecule has 0 amide bonds. The fourth-order valence-corrected chi connectivity index (χ4v) is 1.38. The van der Waals surface area contributed by atoms with E-state index in [1.165, 1.54) is 0 Å². The van der Waals surface area contributed by atoms with Gasteiger partial charge in [-0.15, -0.1) is 0 Å².